The maximum absolute atomic E-state index is 12.6. The van der Waals surface area contributed by atoms with Crippen LogP contribution in [0.1, 0.15) is 56.3 Å². The van der Waals surface area contributed by atoms with Crippen molar-refractivity contribution < 1.29 is 9.53 Å². The second-order valence-electron chi connectivity index (χ2n) is 7.93. The van der Waals surface area contributed by atoms with Crippen molar-refractivity contribution in [3.63, 3.8) is 0 Å². The Morgan fingerprint density at radius 3 is 2.75 bits per heavy atom. The highest BCUT2D eigenvalue weighted by Crippen LogP contribution is 2.44. The number of carbonyl (C=O) groups excluding carboxylic acids is 1. The number of benzene rings is 1. The van der Waals surface area contributed by atoms with E-state index in [9.17, 15) is 4.79 Å². The second kappa shape index (κ2) is 8.63. The van der Waals surface area contributed by atoms with Crippen molar-refractivity contribution in [3.05, 3.63) is 59.9 Å². The number of pyridine rings is 1. The molecule has 2 aromatic rings. The van der Waals surface area contributed by atoms with Gasteiger partial charge in [0.05, 0.1) is 17.4 Å². The Hall–Kier alpha value is -2.56. The van der Waals surface area contributed by atoms with E-state index in [1.165, 1.54) is 19.3 Å². The third kappa shape index (κ3) is 3.98. The van der Waals surface area contributed by atoms with Gasteiger partial charge in [0.25, 0.3) is 0 Å². The van der Waals surface area contributed by atoms with E-state index in [2.05, 4.69) is 28.6 Å². The summed E-state index contributed by atoms with van der Waals surface area (Å²) in [7, 11) is 0. The number of carbonyl (C=O) groups is 1. The minimum Gasteiger partial charge on any atom is -0.445 e. The summed E-state index contributed by atoms with van der Waals surface area (Å²) < 4.78 is 5.51. The molecular formula is C23H29N3O2. The second-order valence-corrected chi connectivity index (χ2v) is 7.93. The molecule has 0 spiro atoms. The van der Waals surface area contributed by atoms with Crippen molar-refractivity contribution >= 4 is 11.8 Å². The van der Waals surface area contributed by atoms with Crippen molar-refractivity contribution in [2.24, 2.45) is 11.8 Å². The number of nitrogens with zero attached hydrogens (tertiary/aromatic N) is 1. The summed E-state index contributed by atoms with van der Waals surface area (Å²) in [5, 5.41) is 6.89. The SMILES string of the molecule is CCC[C@@H]1[C@@H](NC(=O)OCc2ccccc2)c2ncccc2N[C@H]1C1CCC1. The van der Waals surface area contributed by atoms with Gasteiger partial charge in [-0.2, -0.15) is 0 Å². The quantitative estimate of drug-likeness (QED) is 0.736. The predicted octanol–water partition coefficient (Wildman–Crippen LogP) is 5.06. The normalized spacial score (nSPS) is 23.8. The van der Waals surface area contributed by atoms with E-state index in [1.807, 2.05) is 36.4 Å². The van der Waals surface area contributed by atoms with Crippen molar-refractivity contribution in [2.45, 2.75) is 57.7 Å². The number of aromatic nitrogens is 1. The Bertz CT molecular complexity index is 791. The Balaban J connectivity index is 1.52. The standard InChI is InChI=1S/C23H29N3O2/c1-2-8-18-20(17-11-6-12-17)25-19-13-7-14-24-22(19)21(18)26-23(27)28-15-16-9-4-3-5-10-16/h3-5,7,9-10,13-14,17-18,20-21,25H,2,6,8,11-12,15H2,1H3,(H,26,27)/t18-,20-,21+/m0/s1. The highest BCUT2D eigenvalue weighted by Gasteiger charge is 2.42. The molecule has 148 valence electrons. The van der Waals surface area contributed by atoms with Crippen LogP contribution in [0.4, 0.5) is 10.5 Å². The van der Waals surface area contributed by atoms with Crippen LogP contribution in [-0.4, -0.2) is 17.1 Å². The topological polar surface area (TPSA) is 63.2 Å². The molecule has 2 N–H and O–H groups in total. The van der Waals surface area contributed by atoms with Gasteiger partial charge in [0.1, 0.15) is 6.61 Å². The van der Waals surface area contributed by atoms with Gasteiger partial charge in [-0.05, 0) is 42.9 Å². The minimum absolute atomic E-state index is 0.119. The fraction of sp³-hybridized carbons (Fsp3) is 0.478. The number of amides is 1. The Labute approximate surface area is 166 Å². The number of fused-ring (bicyclic) bond motifs is 1. The van der Waals surface area contributed by atoms with Gasteiger partial charge >= 0.3 is 6.09 Å². The zero-order valence-electron chi connectivity index (χ0n) is 16.4. The van der Waals surface area contributed by atoms with E-state index >= 15 is 0 Å². The predicted molar refractivity (Wildman–Crippen MR) is 110 cm³/mol. The van der Waals surface area contributed by atoms with E-state index in [-0.39, 0.29) is 18.7 Å². The summed E-state index contributed by atoms with van der Waals surface area (Å²) in [5.74, 6) is 0.997. The van der Waals surface area contributed by atoms with Gasteiger partial charge < -0.3 is 15.4 Å². The van der Waals surface area contributed by atoms with E-state index in [1.54, 1.807) is 6.20 Å². The number of anilines is 1. The Morgan fingerprint density at radius 1 is 1.21 bits per heavy atom. The monoisotopic (exact) mass is 379 g/mol. The molecule has 1 aromatic heterocycles. The van der Waals surface area contributed by atoms with Crippen molar-refractivity contribution in [3.8, 4) is 0 Å². The Morgan fingerprint density at radius 2 is 2.04 bits per heavy atom. The fourth-order valence-electron chi connectivity index (χ4n) is 4.50. The van der Waals surface area contributed by atoms with Crippen molar-refractivity contribution in [1.29, 1.82) is 0 Å². The molecule has 1 fully saturated rings. The van der Waals surface area contributed by atoms with Gasteiger partial charge in [-0.3, -0.25) is 4.98 Å². The summed E-state index contributed by atoms with van der Waals surface area (Å²) in [4.78, 5) is 17.2. The maximum Gasteiger partial charge on any atom is 0.408 e. The van der Waals surface area contributed by atoms with Crippen LogP contribution in [0.15, 0.2) is 48.7 Å². The van der Waals surface area contributed by atoms with Gasteiger partial charge in [0.2, 0.25) is 0 Å². The Kier molecular flexibility index (Phi) is 5.79. The smallest absolute Gasteiger partial charge is 0.408 e. The molecule has 2 aliphatic rings. The van der Waals surface area contributed by atoms with Crippen LogP contribution in [0, 0.1) is 11.8 Å². The maximum atomic E-state index is 12.6. The van der Waals surface area contributed by atoms with E-state index in [4.69, 9.17) is 4.74 Å². The molecular weight excluding hydrogens is 350 g/mol. The van der Waals surface area contributed by atoms with E-state index in [0.717, 1.165) is 29.8 Å². The average Bonchev–Trinajstić information content (AvgIpc) is 2.68. The molecule has 0 unspecified atom stereocenters. The first-order valence-electron chi connectivity index (χ1n) is 10.4. The van der Waals surface area contributed by atoms with E-state index < -0.39 is 0 Å². The van der Waals surface area contributed by atoms with Crippen LogP contribution >= 0.6 is 0 Å². The minimum atomic E-state index is -0.374. The molecule has 4 rings (SSSR count). The largest absolute Gasteiger partial charge is 0.445 e. The number of hydrogen-bond donors (Lipinski definition) is 2. The number of alkyl carbamates (subject to hydrolysis) is 1. The summed E-state index contributed by atoms with van der Waals surface area (Å²) in [6.07, 6.45) is 7.39. The molecule has 1 aliphatic heterocycles. The van der Waals surface area contributed by atoms with E-state index in [0.29, 0.717) is 17.9 Å². The van der Waals surface area contributed by atoms with Crippen LogP contribution in [0.3, 0.4) is 0 Å². The van der Waals surface area contributed by atoms with Crippen LogP contribution in [0.25, 0.3) is 0 Å². The molecule has 0 radical (unpaired) electrons. The molecule has 1 saturated carbocycles. The van der Waals surface area contributed by atoms with Crippen LogP contribution < -0.4 is 10.6 Å². The summed E-state index contributed by atoms with van der Waals surface area (Å²) in [6, 6.07) is 14.1. The van der Waals surface area contributed by atoms with Gasteiger partial charge in [-0.15, -0.1) is 0 Å². The lowest BCUT2D eigenvalue weighted by atomic mass is 9.69. The third-order valence-electron chi connectivity index (χ3n) is 6.11. The fourth-order valence-corrected chi connectivity index (χ4v) is 4.50. The van der Waals surface area contributed by atoms with Crippen LogP contribution in [-0.2, 0) is 11.3 Å². The third-order valence-corrected chi connectivity index (χ3v) is 6.11. The zero-order chi connectivity index (χ0) is 19.3. The first kappa shape index (κ1) is 18.8. The number of ether oxygens (including phenoxy) is 1. The molecule has 28 heavy (non-hydrogen) atoms. The lowest BCUT2D eigenvalue weighted by Crippen LogP contribution is -2.50. The number of nitrogens with one attached hydrogen (secondary N) is 2. The molecule has 0 bridgehead atoms. The molecule has 5 nitrogen and oxygen atoms in total. The lowest BCUT2D eigenvalue weighted by Gasteiger charge is -2.46. The first-order chi connectivity index (χ1) is 13.8. The highest BCUT2D eigenvalue weighted by molar-refractivity contribution is 5.69. The number of rotatable bonds is 6. The van der Waals surface area contributed by atoms with Gasteiger partial charge in [0, 0.05) is 18.2 Å². The van der Waals surface area contributed by atoms with Crippen LogP contribution in [0.2, 0.25) is 0 Å². The molecule has 1 amide bonds. The van der Waals surface area contributed by atoms with Gasteiger partial charge in [0.15, 0.2) is 0 Å². The summed E-state index contributed by atoms with van der Waals surface area (Å²) in [5.41, 5.74) is 2.95. The molecule has 2 heterocycles. The number of hydrogen-bond acceptors (Lipinski definition) is 4. The molecule has 0 saturated heterocycles. The highest BCUT2D eigenvalue weighted by atomic mass is 16.5. The molecule has 1 aliphatic carbocycles. The zero-order valence-corrected chi connectivity index (χ0v) is 16.4. The first-order valence-corrected chi connectivity index (χ1v) is 10.4. The molecule has 5 heteroatoms. The lowest BCUT2D eigenvalue weighted by molar-refractivity contribution is 0.120. The van der Waals surface area contributed by atoms with Crippen molar-refractivity contribution in [2.75, 3.05) is 5.32 Å². The van der Waals surface area contributed by atoms with Gasteiger partial charge in [-0.1, -0.05) is 50.1 Å². The average molecular weight is 380 g/mol. The van der Waals surface area contributed by atoms with Gasteiger partial charge in [-0.25, -0.2) is 4.79 Å². The van der Waals surface area contributed by atoms with Crippen LogP contribution in [0.5, 0.6) is 0 Å². The molecule has 3 atom stereocenters. The van der Waals surface area contributed by atoms with Crippen molar-refractivity contribution in [1.82, 2.24) is 10.3 Å². The molecule has 1 aromatic carbocycles. The summed E-state index contributed by atoms with van der Waals surface area (Å²) >= 11 is 0. The summed E-state index contributed by atoms with van der Waals surface area (Å²) in [6.45, 7) is 2.48.